The number of allylic oxidation sites excluding steroid dienone is 1. The minimum absolute atomic E-state index is 0.0798. The molecule has 0 aromatic heterocycles. The Kier molecular flexibility index (Phi) is 5.46. The molecule has 6 nitrogen and oxygen atoms in total. The van der Waals surface area contributed by atoms with Crippen molar-refractivity contribution < 1.29 is 32.3 Å². The van der Waals surface area contributed by atoms with Crippen LogP contribution in [0.5, 0.6) is 0 Å². The normalized spacial score (nSPS) is 26.6. The van der Waals surface area contributed by atoms with Crippen molar-refractivity contribution in [2.45, 2.75) is 76.6 Å². The number of carbonyl (C=O) groups excluding carboxylic acids is 3. The van der Waals surface area contributed by atoms with Crippen LogP contribution in [0.3, 0.4) is 0 Å². The number of nitrogens with zero attached hydrogens (tertiary/aromatic N) is 1. The minimum atomic E-state index is -5.18. The number of esters is 1. The lowest BCUT2D eigenvalue weighted by Crippen LogP contribution is -2.67. The van der Waals surface area contributed by atoms with E-state index in [1.165, 1.54) is 13.8 Å². The third-order valence-corrected chi connectivity index (χ3v) is 5.74. The van der Waals surface area contributed by atoms with Crippen LogP contribution in [0, 0.1) is 5.92 Å². The van der Waals surface area contributed by atoms with E-state index in [4.69, 9.17) is 4.74 Å². The molecule has 0 spiro atoms. The molecular weight excluding hydrogens is 377 g/mol. The molecule has 0 aromatic rings. The Morgan fingerprint density at radius 3 is 2.29 bits per heavy atom. The van der Waals surface area contributed by atoms with Crippen molar-refractivity contribution in [2.24, 2.45) is 5.92 Å². The Morgan fingerprint density at radius 1 is 1.18 bits per heavy atom. The largest absolute Gasteiger partial charge is 0.462 e. The molecular formula is C19H25F3N2O4. The van der Waals surface area contributed by atoms with Crippen LogP contribution in [-0.4, -0.2) is 47.0 Å². The molecule has 2 aliphatic carbocycles. The van der Waals surface area contributed by atoms with Gasteiger partial charge < -0.3 is 15.0 Å². The molecule has 0 saturated heterocycles. The van der Waals surface area contributed by atoms with E-state index >= 15 is 0 Å². The Bertz CT molecular complexity index is 708. The van der Waals surface area contributed by atoms with Gasteiger partial charge in [0.2, 0.25) is 11.4 Å². The van der Waals surface area contributed by atoms with Crippen LogP contribution in [0.25, 0.3) is 0 Å². The number of alkyl halides is 3. The minimum Gasteiger partial charge on any atom is -0.462 e. The lowest BCUT2D eigenvalue weighted by atomic mass is 9.88. The predicted molar refractivity (Wildman–Crippen MR) is 92.7 cm³/mol. The molecule has 1 N–H and O–H groups in total. The first kappa shape index (κ1) is 20.7. The summed E-state index contributed by atoms with van der Waals surface area (Å²) in [4.78, 5) is 39.2. The molecule has 28 heavy (non-hydrogen) atoms. The fourth-order valence-corrected chi connectivity index (χ4v) is 4.20. The highest BCUT2D eigenvalue weighted by atomic mass is 19.4. The molecule has 1 atom stereocenters. The van der Waals surface area contributed by atoms with Gasteiger partial charge in [0.1, 0.15) is 5.57 Å². The van der Waals surface area contributed by atoms with Crippen molar-refractivity contribution in [1.82, 2.24) is 10.2 Å². The van der Waals surface area contributed by atoms with E-state index in [1.807, 2.05) is 5.32 Å². The number of halogens is 3. The summed E-state index contributed by atoms with van der Waals surface area (Å²) in [5, 5.41) is 1.92. The summed E-state index contributed by atoms with van der Waals surface area (Å²) in [5.74, 6) is -3.94. The number of hydrogen-bond acceptors (Lipinski definition) is 4. The van der Waals surface area contributed by atoms with Crippen LogP contribution in [0.2, 0.25) is 0 Å². The van der Waals surface area contributed by atoms with Crippen molar-refractivity contribution in [3.63, 3.8) is 0 Å². The lowest BCUT2D eigenvalue weighted by molar-refractivity contribution is -0.197. The van der Waals surface area contributed by atoms with E-state index in [1.54, 1.807) is 0 Å². The molecule has 1 aliphatic heterocycles. The first-order valence-electron chi connectivity index (χ1n) is 9.76. The van der Waals surface area contributed by atoms with Gasteiger partial charge in [0.05, 0.1) is 6.61 Å². The van der Waals surface area contributed by atoms with Crippen LogP contribution >= 0.6 is 0 Å². The van der Waals surface area contributed by atoms with Gasteiger partial charge in [0, 0.05) is 17.7 Å². The molecule has 1 heterocycles. The van der Waals surface area contributed by atoms with Crippen molar-refractivity contribution in [3.05, 3.63) is 11.3 Å². The van der Waals surface area contributed by atoms with Crippen LogP contribution in [0.4, 0.5) is 13.2 Å². The lowest BCUT2D eigenvalue weighted by Gasteiger charge is -2.36. The van der Waals surface area contributed by atoms with E-state index in [9.17, 15) is 27.6 Å². The second-order valence-electron chi connectivity index (χ2n) is 7.66. The molecule has 0 unspecified atom stereocenters. The standard InChI is InChI=1S/C19H25F3N2O4/c1-3-28-16(26)14-11(2)24(13-7-5-4-6-8-13)17(27)18(14,19(20,21)22)23-15(25)12-9-10-12/h12-13H,3-10H2,1-2H3,(H,23,25)/t18-/m0/s1. The summed E-state index contributed by atoms with van der Waals surface area (Å²) < 4.78 is 48.0. The number of hydrogen-bond donors (Lipinski definition) is 1. The summed E-state index contributed by atoms with van der Waals surface area (Å²) in [6.45, 7) is 2.66. The molecule has 3 rings (SSSR count). The molecule has 0 bridgehead atoms. The number of rotatable bonds is 5. The molecule has 2 amide bonds. The van der Waals surface area contributed by atoms with Crippen molar-refractivity contribution in [1.29, 1.82) is 0 Å². The van der Waals surface area contributed by atoms with E-state index in [2.05, 4.69) is 0 Å². The Morgan fingerprint density at radius 2 is 1.79 bits per heavy atom. The van der Waals surface area contributed by atoms with Gasteiger partial charge in [-0.05, 0) is 39.5 Å². The van der Waals surface area contributed by atoms with Crippen LogP contribution < -0.4 is 5.32 Å². The number of carbonyl (C=O) groups is 3. The highest BCUT2D eigenvalue weighted by Crippen LogP contribution is 2.47. The van der Waals surface area contributed by atoms with E-state index in [0.717, 1.165) is 24.2 Å². The summed E-state index contributed by atoms with van der Waals surface area (Å²) in [6, 6.07) is -0.423. The summed E-state index contributed by atoms with van der Waals surface area (Å²) in [7, 11) is 0. The second kappa shape index (κ2) is 7.40. The van der Waals surface area contributed by atoms with E-state index in [0.29, 0.717) is 25.7 Å². The Hall–Kier alpha value is -2.06. The Balaban J connectivity index is 2.11. The van der Waals surface area contributed by atoms with Gasteiger partial charge in [-0.2, -0.15) is 13.2 Å². The zero-order valence-corrected chi connectivity index (χ0v) is 16.0. The third-order valence-electron chi connectivity index (χ3n) is 5.74. The Labute approximate surface area is 161 Å². The van der Waals surface area contributed by atoms with Gasteiger partial charge in [-0.3, -0.25) is 9.59 Å². The van der Waals surface area contributed by atoms with Gasteiger partial charge in [-0.25, -0.2) is 4.79 Å². The van der Waals surface area contributed by atoms with Gasteiger partial charge in [0.15, 0.2) is 0 Å². The smallest absolute Gasteiger partial charge is 0.425 e. The first-order chi connectivity index (χ1) is 13.1. The number of amides is 2. The van der Waals surface area contributed by atoms with Gasteiger partial charge >= 0.3 is 12.1 Å². The maximum Gasteiger partial charge on any atom is 0.425 e. The van der Waals surface area contributed by atoms with E-state index < -0.39 is 47.0 Å². The van der Waals surface area contributed by atoms with Crippen LogP contribution in [0.15, 0.2) is 11.3 Å². The molecule has 0 radical (unpaired) electrons. The van der Waals surface area contributed by atoms with Crippen LogP contribution in [-0.2, 0) is 19.1 Å². The predicted octanol–water partition coefficient (Wildman–Crippen LogP) is 2.83. The molecule has 3 aliphatic rings. The van der Waals surface area contributed by atoms with Crippen molar-refractivity contribution in [2.75, 3.05) is 6.61 Å². The molecule has 0 aromatic carbocycles. The fourth-order valence-electron chi connectivity index (χ4n) is 4.20. The zero-order chi connectivity index (χ0) is 20.7. The highest BCUT2D eigenvalue weighted by molar-refractivity contribution is 6.10. The average molecular weight is 402 g/mol. The van der Waals surface area contributed by atoms with E-state index in [-0.39, 0.29) is 12.3 Å². The maximum absolute atomic E-state index is 14.4. The SMILES string of the molecule is CCOC(=O)C1=C(C)N(C2CCCCC2)C(=O)[C@]1(NC(=O)C1CC1)C(F)(F)F. The quantitative estimate of drug-likeness (QED) is 0.718. The highest BCUT2D eigenvalue weighted by Gasteiger charge is 2.71. The number of ether oxygens (including phenoxy) is 1. The average Bonchev–Trinajstić information content (AvgIpc) is 3.43. The third kappa shape index (κ3) is 3.28. The topological polar surface area (TPSA) is 75.7 Å². The monoisotopic (exact) mass is 402 g/mol. The number of nitrogens with one attached hydrogen (secondary N) is 1. The van der Waals surface area contributed by atoms with Gasteiger partial charge in [0.25, 0.3) is 5.91 Å². The van der Waals surface area contributed by atoms with Crippen LogP contribution in [0.1, 0.15) is 58.8 Å². The molecule has 2 saturated carbocycles. The first-order valence-corrected chi connectivity index (χ1v) is 9.76. The molecule has 2 fully saturated rings. The fraction of sp³-hybridized carbons (Fsp3) is 0.737. The summed E-state index contributed by atoms with van der Waals surface area (Å²) in [6.07, 6.45) is -0.576. The summed E-state index contributed by atoms with van der Waals surface area (Å²) in [5.41, 5.74) is -4.28. The zero-order valence-electron chi connectivity index (χ0n) is 16.0. The second-order valence-corrected chi connectivity index (χ2v) is 7.66. The maximum atomic E-state index is 14.4. The summed E-state index contributed by atoms with van der Waals surface area (Å²) >= 11 is 0. The van der Waals surface area contributed by atoms with Gasteiger partial charge in [-0.1, -0.05) is 19.3 Å². The molecule has 156 valence electrons. The molecule has 9 heteroatoms. The van der Waals surface area contributed by atoms with Crippen molar-refractivity contribution in [3.8, 4) is 0 Å². The van der Waals surface area contributed by atoms with Crippen molar-refractivity contribution >= 4 is 17.8 Å². The van der Waals surface area contributed by atoms with Gasteiger partial charge in [-0.15, -0.1) is 0 Å².